The molecule has 0 radical (unpaired) electrons. The summed E-state index contributed by atoms with van der Waals surface area (Å²) < 4.78 is 17.4. The van der Waals surface area contributed by atoms with Gasteiger partial charge in [-0.1, -0.05) is 18.7 Å². The van der Waals surface area contributed by atoms with Gasteiger partial charge in [0.05, 0.1) is 18.2 Å². The molecule has 2 aromatic carbocycles. The van der Waals surface area contributed by atoms with Crippen molar-refractivity contribution in [3.63, 3.8) is 0 Å². The van der Waals surface area contributed by atoms with Crippen molar-refractivity contribution in [3.05, 3.63) is 101 Å². The molecule has 0 aliphatic carbocycles. The number of benzene rings is 2. The first kappa shape index (κ1) is 26.0. The third-order valence-electron chi connectivity index (χ3n) is 6.75. The minimum atomic E-state index is -0.853. The van der Waals surface area contributed by atoms with Crippen LogP contribution in [0.3, 0.4) is 0 Å². The molecular formula is C31H30N2O6. The van der Waals surface area contributed by atoms with Gasteiger partial charge in [-0.15, -0.1) is 0 Å². The summed E-state index contributed by atoms with van der Waals surface area (Å²) in [5.74, 6) is 0.0606. The number of hydrogen-bond acceptors (Lipinski definition) is 7. The molecule has 2 aliphatic rings. The van der Waals surface area contributed by atoms with Gasteiger partial charge in [-0.3, -0.25) is 14.6 Å². The van der Waals surface area contributed by atoms with Crippen LogP contribution in [0.25, 0.3) is 5.76 Å². The lowest BCUT2D eigenvalue weighted by atomic mass is 9.94. The number of carbonyl (C=O) groups excluding carboxylic acids is 2. The Balaban J connectivity index is 1.64. The van der Waals surface area contributed by atoms with E-state index in [2.05, 4.69) is 11.6 Å². The zero-order chi connectivity index (χ0) is 27.5. The molecule has 1 fully saturated rings. The molecular weight excluding hydrogens is 496 g/mol. The lowest BCUT2D eigenvalue weighted by molar-refractivity contribution is -0.140. The maximum Gasteiger partial charge on any atom is 0.295 e. The smallest absolute Gasteiger partial charge is 0.295 e. The van der Waals surface area contributed by atoms with Crippen molar-refractivity contribution < 1.29 is 28.9 Å². The fourth-order valence-corrected chi connectivity index (χ4v) is 5.03. The van der Waals surface area contributed by atoms with E-state index in [-0.39, 0.29) is 24.0 Å². The largest absolute Gasteiger partial charge is 0.507 e. The number of nitrogens with zero attached hydrogens (tertiary/aromatic N) is 2. The molecule has 5 rings (SSSR count). The predicted molar refractivity (Wildman–Crippen MR) is 146 cm³/mol. The predicted octanol–water partition coefficient (Wildman–Crippen LogP) is 4.99. The fourth-order valence-electron chi connectivity index (χ4n) is 5.03. The number of aliphatic hydroxyl groups is 1. The van der Waals surface area contributed by atoms with E-state index in [1.54, 1.807) is 60.9 Å². The first-order chi connectivity index (χ1) is 18.9. The first-order valence-corrected chi connectivity index (χ1v) is 12.9. The van der Waals surface area contributed by atoms with Crippen LogP contribution in [0.5, 0.6) is 17.2 Å². The number of aromatic nitrogens is 1. The van der Waals surface area contributed by atoms with Gasteiger partial charge in [-0.25, -0.2) is 0 Å². The standard InChI is InChI=1S/C31H30N2O6/c1-4-14-38-25-9-6-21(17-26(25)37-5-2)28-27(29(34)22-7-8-24-23(16-22)15-19(3)39-24)30(35)31(36)33(28)18-20-10-12-32-13-11-20/h4,6-13,16-17,19,28,34H,1,5,14-15,18H2,2-3H3/b29-27+/t19-,28+/m1/s1. The second-order valence-electron chi connectivity index (χ2n) is 9.48. The van der Waals surface area contributed by atoms with E-state index in [0.29, 0.717) is 42.3 Å². The molecule has 2 atom stereocenters. The number of likely N-dealkylation sites (tertiary alicyclic amines) is 1. The first-order valence-electron chi connectivity index (χ1n) is 12.9. The summed E-state index contributed by atoms with van der Waals surface area (Å²) in [5.41, 5.74) is 2.82. The topological polar surface area (TPSA) is 98.2 Å². The summed E-state index contributed by atoms with van der Waals surface area (Å²) in [4.78, 5) is 32.4. The van der Waals surface area contributed by atoms with Gasteiger partial charge < -0.3 is 24.2 Å². The normalized spacial score (nSPS) is 19.5. The van der Waals surface area contributed by atoms with Crippen molar-refractivity contribution in [2.75, 3.05) is 13.2 Å². The van der Waals surface area contributed by atoms with Crippen LogP contribution >= 0.6 is 0 Å². The molecule has 3 heterocycles. The minimum absolute atomic E-state index is 0.0168. The highest BCUT2D eigenvalue weighted by Gasteiger charge is 2.46. The molecule has 39 heavy (non-hydrogen) atoms. The van der Waals surface area contributed by atoms with E-state index < -0.39 is 17.7 Å². The monoisotopic (exact) mass is 526 g/mol. The van der Waals surface area contributed by atoms with E-state index in [1.807, 2.05) is 19.9 Å². The number of Topliss-reactive ketones (excluding diaryl/α,β-unsaturated/α-hetero) is 1. The van der Waals surface area contributed by atoms with E-state index in [1.165, 1.54) is 4.90 Å². The summed E-state index contributed by atoms with van der Waals surface area (Å²) in [5, 5.41) is 11.5. The Morgan fingerprint density at radius 2 is 1.92 bits per heavy atom. The Morgan fingerprint density at radius 3 is 2.67 bits per heavy atom. The quantitative estimate of drug-likeness (QED) is 0.182. The van der Waals surface area contributed by atoms with Crippen LogP contribution in [-0.2, 0) is 22.6 Å². The average Bonchev–Trinajstić information content (AvgIpc) is 3.43. The minimum Gasteiger partial charge on any atom is -0.507 e. The number of amides is 1. The van der Waals surface area contributed by atoms with Crippen LogP contribution in [0, 0.1) is 0 Å². The number of ether oxygens (including phenoxy) is 3. The molecule has 8 heteroatoms. The zero-order valence-electron chi connectivity index (χ0n) is 21.9. The van der Waals surface area contributed by atoms with Crippen molar-refractivity contribution in [3.8, 4) is 17.2 Å². The van der Waals surface area contributed by atoms with Crippen LogP contribution in [0.1, 0.15) is 42.1 Å². The summed E-state index contributed by atoms with van der Waals surface area (Å²) in [6.07, 6.45) is 5.62. The molecule has 0 saturated carbocycles. The molecule has 1 aromatic heterocycles. The van der Waals surface area contributed by atoms with E-state index in [0.717, 1.165) is 16.9 Å². The molecule has 1 N–H and O–H groups in total. The Kier molecular flexibility index (Phi) is 7.36. The van der Waals surface area contributed by atoms with Crippen LogP contribution in [0.2, 0.25) is 0 Å². The van der Waals surface area contributed by atoms with Crippen LogP contribution in [0.4, 0.5) is 0 Å². The molecule has 2 aliphatic heterocycles. The Labute approximate surface area is 227 Å². The zero-order valence-corrected chi connectivity index (χ0v) is 21.9. The van der Waals surface area contributed by atoms with Crippen LogP contribution in [-0.4, -0.2) is 46.0 Å². The SMILES string of the molecule is C=CCOc1ccc([C@H]2/C(=C(\O)c3ccc4c(c3)C[C@@H](C)O4)C(=O)C(=O)N2Cc2ccncc2)cc1OCC. The van der Waals surface area contributed by atoms with Gasteiger partial charge in [0, 0.05) is 30.9 Å². The van der Waals surface area contributed by atoms with Gasteiger partial charge in [0.25, 0.3) is 11.7 Å². The number of ketones is 1. The van der Waals surface area contributed by atoms with Crippen LogP contribution in [0.15, 0.2) is 79.2 Å². The molecule has 0 spiro atoms. The molecule has 8 nitrogen and oxygen atoms in total. The summed E-state index contributed by atoms with van der Waals surface area (Å²) >= 11 is 0. The number of carbonyl (C=O) groups is 2. The lowest BCUT2D eigenvalue weighted by Crippen LogP contribution is -2.29. The number of pyridine rings is 1. The van der Waals surface area contributed by atoms with Crippen molar-refractivity contribution in [2.24, 2.45) is 0 Å². The second-order valence-corrected chi connectivity index (χ2v) is 9.48. The molecule has 0 bridgehead atoms. The Bertz CT molecular complexity index is 1450. The van der Waals surface area contributed by atoms with Gasteiger partial charge in [-0.05, 0) is 73.0 Å². The average molecular weight is 527 g/mol. The van der Waals surface area contributed by atoms with Crippen molar-refractivity contribution in [1.29, 1.82) is 0 Å². The van der Waals surface area contributed by atoms with Gasteiger partial charge in [-0.2, -0.15) is 0 Å². The van der Waals surface area contributed by atoms with Gasteiger partial charge in [0.1, 0.15) is 24.2 Å². The summed E-state index contributed by atoms with van der Waals surface area (Å²) in [6.45, 7) is 8.36. The Morgan fingerprint density at radius 1 is 1.13 bits per heavy atom. The second kappa shape index (κ2) is 11.0. The Hall–Kier alpha value is -4.59. The van der Waals surface area contributed by atoms with Gasteiger partial charge in [0.15, 0.2) is 11.5 Å². The maximum atomic E-state index is 13.5. The number of fused-ring (bicyclic) bond motifs is 1. The highest BCUT2D eigenvalue weighted by molar-refractivity contribution is 6.46. The number of rotatable bonds is 9. The number of hydrogen-bond donors (Lipinski definition) is 1. The lowest BCUT2D eigenvalue weighted by Gasteiger charge is -2.26. The molecule has 200 valence electrons. The van der Waals surface area contributed by atoms with Gasteiger partial charge >= 0.3 is 0 Å². The van der Waals surface area contributed by atoms with Crippen LogP contribution < -0.4 is 14.2 Å². The maximum absolute atomic E-state index is 13.5. The highest BCUT2D eigenvalue weighted by Crippen LogP contribution is 2.43. The molecule has 1 saturated heterocycles. The third-order valence-corrected chi connectivity index (χ3v) is 6.75. The molecule has 1 amide bonds. The highest BCUT2D eigenvalue weighted by atomic mass is 16.5. The molecule has 0 unspecified atom stereocenters. The van der Waals surface area contributed by atoms with Gasteiger partial charge in [0.2, 0.25) is 0 Å². The summed E-state index contributed by atoms with van der Waals surface area (Å²) in [6, 6.07) is 13.3. The van der Waals surface area contributed by atoms with E-state index >= 15 is 0 Å². The van der Waals surface area contributed by atoms with E-state index in [9.17, 15) is 14.7 Å². The van der Waals surface area contributed by atoms with E-state index in [4.69, 9.17) is 14.2 Å². The molecule has 3 aromatic rings. The van der Waals surface area contributed by atoms with Crippen molar-refractivity contribution in [2.45, 2.75) is 39.0 Å². The van der Waals surface area contributed by atoms with Crippen molar-refractivity contribution >= 4 is 17.4 Å². The fraction of sp³-hybridized carbons (Fsp3) is 0.258. The third kappa shape index (κ3) is 5.10. The summed E-state index contributed by atoms with van der Waals surface area (Å²) in [7, 11) is 0. The number of aliphatic hydroxyl groups excluding tert-OH is 1. The van der Waals surface area contributed by atoms with Crippen molar-refractivity contribution in [1.82, 2.24) is 9.88 Å².